The first-order valence-electron chi connectivity index (χ1n) is 8.49. The highest BCUT2D eigenvalue weighted by Crippen LogP contribution is 2.33. The van der Waals surface area contributed by atoms with Gasteiger partial charge in [0.2, 0.25) is 0 Å². The zero-order valence-corrected chi connectivity index (χ0v) is 16.2. The van der Waals surface area contributed by atoms with Crippen LogP contribution >= 0.6 is 11.6 Å². The molecule has 0 radical (unpaired) electrons. The first kappa shape index (κ1) is 21.5. The minimum atomic E-state index is -4.74. The number of hydrogen-bond donors (Lipinski definition) is 1. The van der Waals surface area contributed by atoms with Crippen molar-refractivity contribution in [2.45, 2.75) is 12.7 Å². The van der Waals surface area contributed by atoms with Gasteiger partial charge in [0.15, 0.2) is 0 Å². The van der Waals surface area contributed by atoms with Gasteiger partial charge in [0.05, 0.1) is 7.11 Å². The Morgan fingerprint density at radius 1 is 1.17 bits per heavy atom. The Morgan fingerprint density at radius 2 is 1.93 bits per heavy atom. The van der Waals surface area contributed by atoms with Gasteiger partial charge < -0.3 is 10.1 Å². The molecule has 30 heavy (non-hydrogen) atoms. The van der Waals surface area contributed by atoms with E-state index in [9.17, 15) is 22.4 Å². The summed E-state index contributed by atoms with van der Waals surface area (Å²) in [5.74, 6) is -0.968. The molecule has 0 aliphatic carbocycles. The van der Waals surface area contributed by atoms with Gasteiger partial charge in [-0.25, -0.2) is 9.37 Å². The fourth-order valence-electron chi connectivity index (χ4n) is 2.77. The third kappa shape index (κ3) is 4.85. The van der Waals surface area contributed by atoms with E-state index in [2.05, 4.69) is 15.3 Å². The number of aromatic nitrogens is 2. The van der Waals surface area contributed by atoms with Crippen molar-refractivity contribution in [1.29, 1.82) is 0 Å². The second-order valence-corrected chi connectivity index (χ2v) is 6.51. The number of amides is 1. The van der Waals surface area contributed by atoms with Gasteiger partial charge in [0.1, 0.15) is 22.4 Å². The van der Waals surface area contributed by atoms with E-state index in [4.69, 9.17) is 16.3 Å². The van der Waals surface area contributed by atoms with Gasteiger partial charge in [-0.05, 0) is 41.5 Å². The zero-order chi connectivity index (χ0) is 21.9. The second kappa shape index (κ2) is 8.66. The Morgan fingerprint density at radius 3 is 2.63 bits per heavy atom. The average Bonchev–Trinajstić information content (AvgIpc) is 2.71. The summed E-state index contributed by atoms with van der Waals surface area (Å²) in [5.41, 5.74) is 0.181. The topological polar surface area (TPSA) is 64.1 Å². The summed E-state index contributed by atoms with van der Waals surface area (Å²) in [4.78, 5) is 19.6. The number of rotatable bonds is 5. The number of pyridine rings is 2. The summed E-state index contributed by atoms with van der Waals surface area (Å²) < 4.78 is 57.4. The molecule has 1 N–H and O–H groups in total. The predicted molar refractivity (Wildman–Crippen MR) is 102 cm³/mol. The molecule has 3 aromatic rings. The van der Waals surface area contributed by atoms with Gasteiger partial charge in [0, 0.05) is 36.1 Å². The molecular formula is C20H14ClF4N3O2. The SMILES string of the molecule is COc1cc(F)ccc1-c1ccncc1CNC(=O)c1cc(Cl)nc(C(F)(F)F)c1. The minimum absolute atomic E-state index is 0.0518. The highest BCUT2D eigenvalue weighted by Gasteiger charge is 2.33. The molecule has 10 heteroatoms. The number of methoxy groups -OCH3 is 1. The maximum Gasteiger partial charge on any atom is 0.433 e. The monoisotopic (exact) mass is 439 g/mol. The summed E-state index contributed by atoms with van der Waals surface area (Å²) >= 11 is 5.62. The highest BCUT2D eigenvalue weighted by molar-refractivity contribution is 6.29. The van der Waals surface area contributed by atoms with E-state index in [1.54, 1.807) is 6.07 Å². The van der Waals surface area contributed by atoms with Gasteiger partial charge >= 0.3 is 6.18 Å². The molecular weight excluding hydrogens is 426 g/mol. The molecule has 2 aromatic heterocycles. The van der Waals surface area contributed by atoms with Gasteiger partial charge in [-0.3, -0.25) is 9.78 Å². The number of carbonyl (C=O) groups excluding carboxylic acids is 1. The summed E-state index contributed by atoms with van der Waals surface area (Å²) in [6, 6.07) is 7.32. The molecule has 2 heterocycles. The van der Waals surface area contributed by atoms with Crippen LogP contribution in [0.1, 0.15) is 21.6 Å². The number of halogens is 5. The van der Waals surface area contributed by atoms with Crippen LogP contribution in [0.15, 0.2) is 48.8 Å². The third-order valence-corrected chi connectivity index (χ3v) is 4.34. The molecule has 3 rings (SSSR count). The van der Waals surface area contributed by atoms with Crippen LogP contribution in [-0.2, 0) is 12.7 Å². The van der Waals surface area contributed by atoms with Crippen LogP contribution in [0.25, 0.3) is 11.1 Å². The fourth-order valence-corrected chi connectivity index (χ4v) is 2.98. The lowest BCUT2D eigenvalue weighted by atomic mass is 10.0. The maximum atomic E-state index is 13.5. The zero-order valence-electron chi connectivity index (χ0n) is 15.4. The lowest BCUT2D eigenvalue weighted by Gasteiger charge is -2.14. The van der Waals surface area contributed by atoms with Crippen molar-refractivity contribution in [3.63, 3.8) is 0 Å². The fraction of sp³-hybridized carbons (Fsp3) is 0.150. The van der Waals surface area contributed by atoms with E-state index in [1.807, 2.05) is 0 Å². The van der Waals surface area contributed by atoms with Crippen LogP contribution in [-0.4, -0.2) is 23.0 Å². The molecule has 156 valence electrons. The van der Waals surface area contributed by atoms with Gasteiger partial charge in [-0.1, -0.05) is 11.6 Å². The quantitative estimate of drug-likeness (QED) is 0.454. The number of benzene rings is 1. The largest absolute Gasteiger partial charge is 0.496 e. The second-order valence-electron chi connectivity index (χ2n) is 6.12. The van der Waals surface area contributed by atoms with Crippen molar-refractivity contribution in [3.05, 3.63) is 76.6 Å². The average molecular weight is 440 g/mol. The number of nitrogens with one attached hydrogen (secondary N) is 1. The van der Waals surface area contributed by atoms with E-state index in [1.165, 1.54) is 37.7 Å². The number of hydrogen-bond acceptors (Lipinski definition) is 4. The van der Waals surface area contributed by atoms with Crippen LogP contribution in [0, 0.1) is 5.82 Å². The highest BCUT2D eigenvalue weighted by atomic mass is 35.5. The third-order valence-electron chi connectivity index (χ3n) is 4.14. The Labute approximate surface area is 173 Å². The normalized spacial score (nSPS) is 11.3. The lowest BCUT2D eigenvalue weighted by Crippen LogP contribution is -2.24. The van der Waals surface area contributed by atoms with E-state index < -0.39 is 28.7 Å². The lowest BCUT2D eigenvalue weighted by molar-refractivity contribution is -0.141. The summed E-state index contributed by atoms with van der Waals surface area (Å²) in [5, 5.41) is 2.08. The Bertz CT molecular complexity index is 1090. The molecule has 0 saturated heterocycles. The Balaban J connectivity index is 1.86. The van der Waals surface area contributed by atoms with E-state index in [0.717, 1.165) is 6.07 Å². The molecule has 0 spiro atoms. The predicted octanol–water partition coefficient (Wildman–Crippen LogP) is 4.89. The summed E-state index contributed by atoms with van der Waals surface area (Å²) in [7, 11) is 1.40. The van der Waals surface area contributed by atoms with Crippen molar-refractivity contribution in [2.24, 2.45) is 0 Å². The van der Waals surface area contributed by atoms with Gasteiger partial charge in [-0.15, -0.1) is 0 Å². The van der Waals surface area contributed by atoms with E-state index in [0.29, 0.717) is 22.8 Å². The molecule has 0 atom stereocenters. The Kier molecular flexibility index (Phi) is 6.21. The molecule has 0 aliphatic heterocycles. The molecule has 0 fully saturated rings. The number of alkyl halides is 3. The van der Waals surface area contributed by atoms with Crippen LogP contribution in [0.3, 0.4) is 0 Å². The van der Waals surface area contributed by atoms with Gasteiger partial charge in [-0.2, -0.15) is 13.2 Å². The van der Waals surface area contributed by atoms with Crippen molar-refractivity contribution in [1.82, 2.24) is 15.3 Å². The summed E-state index contributed by atoms with van der Waals surface area (Å²) in [6.07, 6.45) is -1.74. The standard InChI is InChI=1S/C20H14ClF4N3O2/c1-30-16-8-13(22)2-3-15(16)14-4-5-26-9-12(14)10-27-19(29)11-6-17(20(23,24)25)28-18(21)7-11/h2-9H,10H2,1H3,(H,27,29). The first-order valence-corrected chi connectivity index (χ1v) is 8.86. The van der Waals surface area contributed by atoms with E-state index >= 15 is 0 Å². The first-order chi connectivity index (χ1) is 14.2. The number of carbonyl (C=O) groups is 1. The maximum absolute atomic E-state index is 13.5. The van der Waals surface area contributed by atoms with Crippen molar-refractivity contribution < 1.29 is 27.1 Å². The molecule has 0 aliphatic rings. The van der Waals surface area contributed by atoms with Gasteiger partial charge in [0.25, 0.3) is 5.91 Å². The summed E-state index contributed by atoms with van der Waals surface area (Å²) in [6.45, 7) is -0.0518. The van der Waals surface area contributed by atoms with Crippen molar-refractivity contribution in [2.75, 3.05) is 7.11 Å². The molecule has 1 aromatic carbocycles. The van der Waals surface area contributed by atoms with E-state index in [-0.39, 0.29) is 17.9 Å². The molecule has 1 amide bonds. The number of nitrogens with zero attached hydrogens (tertiary/aromatic N) is 2. The Hall–Kier alpha value is -3.20. The van der Waals surface area contributed by atoms with Crippen molar-refractivity contribution in [3.8, 4) is 16.9 Å². The van der Waals surface area contributed by atoms with Crippen LogP contribution in [0.5, 0.6) is 5.75 Å². The minimum Gasteiger partial charge on any atom is -0.496 e. The molecule has 0 bridgehead atoms. The number of ether oxygens (including phenoxy) is 1. The smallest absolute Gasteiger partial charge is 0.433 e. The molecule has 0 saturated carbocycles. The molecule has 5 nitrogen and oxygen atoms in total. The molecule has 0 unspecified atom stereocenters. The van der Waals surface area contributed by atoms with Crippen LogP contribution < -0.4 is 10.1 Å². The van der Waals surface area contributed by atoms with Crippen molar-refractivity contribution >= 4 is 17.5 Å². The van der Waals surface area contributed by atoms with Crippen LogP contribution in [0.4, 0.5) is 17.6 Å². The van der Waals surface area contributed by atoms with Crippen LogP contribution in [0.2, 0.25) is 5.15 Å².